The van der Waals surface area contributed by atoms with Gasteiger partial charge >= 0.3 is 0 Å². The first kappa shape index (κ1) is 17.8. The van der Waals surface area contributed by atoms with E-state index in [0.29, 0.717) is 24.0 Å². The Morgan fingerprint density at radius 1 is 1.33 bits per heavy atom. The number of nitrogens with zero attached hydrogens (tertiary/aromatic N) is 1. The van der Waals surface area contributed by atoms with E-state index >= 15 is 0 Å². The summed E-state index contributed by atoms with van der Waals surface area (Å²) in [5.41, 5.74) is 2.19. The van der Waals surface area contributed by atoms with E-state index in [1.807, 2.05) is 12.3 Å². The Morgan fingerprint density at radius 2 is 2.19 bits per heavy atom. The number of pyridine rings is 1. The summed E-state index contributed by atoms with van der Waals surface area (Å²) in [6.45, 7) is 1.40. The molecule has 5 nitrogen and oxygen atoms in total. The Morgan fingerprint density at radius 3 is 2.93 bits per heavy atom. The van der Waals surface area contributed by atoms with Crippen molar-refractivity contribution in [2.45, 2.75) is 19.3 Å². The molecule has 1 fully saturated rings. The summed E-state index contributed by atoms with van der Waals surface area (Å²) in [5.74, 6) is 0.945. The molecule has 2 aromatic heterocycles. The van der Waals surface area contributed by atoms with Crippen LogP contribution < -0.4 is 10.6 Å². The highest BCUT2D eigenvalue weighted by atomic mass is 35.5. The molecule has 1 saturated carbocycles. The molecule has 4 rings (SSSR count). The van der Waals surface area contributed by atoms with Crippen molar-refractivity contribution in [1.29, 1.82) is 0 Å². The molecule has 3 aromatic rings. The van der Waals surface area contributed by atoms with Crippen molar-refractivity contribution in [3.63, 3.8) is 0 Å². The number of nitrogens with one attached hydrogen (secondary N) is 3. The topological polar surface area (TPSA) is 69.8 Å². The molecule has 7 heteroatoms. The minimum absolute atomic E-state index is 0.0915. The maximum absolute atomic E-state index is 13.5. The molecule has 0 unspecified atom stereocenters. The third kappa shape index (κ3) is 4.22. The van der Waals surface area contributed by atoms with Gasteiger partial charge in [-0.1, -0.05) is 11.6 Å². The highest BCUT2D eigenvalue weighted by Gasteiger charge is 2.20. The van der Waals surface area contributed by atoms with Crippen LogP contribution in [0.15, 0.2) is 36.7 Å². The lowest BCUT2D eigenvalue weighted by Crippen LogP contribution is -2.25. The summed E-state index contributed by atoms with van der Waals surface area (Å²) in [4.78, 5) is 19.6. The molecule has 3 N–H and O–H groups in total. The van der Waals surface area contributed by atoms with Crippen LogP contribution in [-0.2, 0) is 6.42 Å². The lowest BCUT2D eigenvalue weighted by molar-refractivity contribution is 0.0954. The van der Waals surface area contributed by atoms with Crippen LogP contribution in [0.5, 0.6) is 0 Å². The van der Waals surface area contributed by atoms with Crippen LogP contribution >= 0.6 is 11.6 Å². The molecule has 0 atom stereocenters. The molecule has 140 valence electrons. The normalized spacial score (nSPS) is 13.7. The van der Waals surface area contributed by atoms with Crippen molar-refractivity contribution in [3.05, 3.63) is 58.6 Å². The van der Waals surface area contributed by atoms with Crippen LogP contribution in [0.1, 0.15) is 28.8 Å². The predicted molar refractivity (Wildman–Crippen MR) is 105 cm³/mol. The van der Waals surface area contributed by atoms with Gasteiger partial charge in [0.25, 0.3) is 5.91 Å². The van der Waals surface area contributed by atoms with Crippen molar-refractivity contribution in [3.8, 4) is 0 Å². The second-order valence-corrected chi connectivity index (χ2v) is 7.30. The molecular formula is C20H20ClFN4O. The SMILES string of the molecule is O=C(NCCc1c[nH]c2cc(F)c(Cl)cc12)c1ccc(NCC2CC2)nc1. The Balaban J connectivity index is 1.32. The zero-order valence-electron chi connectivity index (χ0n) is 14.7. The average Bonchev–Trinajstić information content (AvgIpc) is 3.43. The van der Waals surface area contributed by atoms with Gasteiger partial charge in [-0.3, -0.25) is 4.79 Å². The number of aromatic amines is 1. The zero-order valence-corrected chi connectivity index (χ0v) is 15.4. The smallest absolute Gasteiger partial charge is 0.252 e. The van der Waals surface area contributed by atoms with Crippen molar-refractivity contribution < 1.29 is 9.18 Å². The standard InChI is InChI=1S/C20H20ClFN4O/c21-16-7-15-13(10-24-18(15)8-17(16)22)5-6-23-20(27)14-3-4-19(26-11-14)25-9-12-1-2-12/h3-4,7-8,10-12,24H,1-2,5-6,9H2,(H,23,27)(H,25,26). The summed E-state index contributed by atoms with van der Waals surface area (Å²) < 4.78 is 13.5. The van der Waals surface area contributed by atoms with Crippen molar-refractivity contribution in [2.24, 2.45) is 5.92 Å². The molecule has 0 radical (unpaired) electrons. The third-order valence-corrected chi connectivity index (χ3v) is 5.07. The van der Waals surface area contributed by atoms with E-state index in [0.717, 1.165) is 29.2 Å². The van der Waals surface area contributed by atoms with E-state index in [4.69, 9.17) is 11.6 Å². The molecule has 1 aliphatic carbocycles. The van der Waals surface area contributed by atoms with Gasteiger partial charge in [0.2, 0.25) is 0 Å². The summed E-state index contributed by atoms with van der Waals surface area (Å²) in [5, 5.41) is 7.12. The number of hydrogen-bond donors (Lipinski definition) is 3. The molecule has 2 heterocycles. The minimum atomic E-state index is -0.451. The lowest BCUT2D eigenvalue weighted by Gasteiger charge is -2.07. The molecule has 1 aliphatic rings. The van der Waals surface area contributed by atoms with Gasteiger partial charge in [0.05, 0.1) is 10.6 Å². The first-order valence-electron chi connectivity index (χ1n) is 9.03. The molecule has 0 aliphatic heterocycles. The fourth-order valence-electron chi connectivity index (χ4n) is 3.00. The highest BCUT2D eigenvalue weighted by molar-refractivity contribution is 6.31. The Hall–Kier alpha value is -2.60. The number of aromatic nitrogens is 2. The van der Waals surface area contributed by atoms with E-state index in [-0.39, 0.29) is 10.9 Å². The molecule has 0 saturated heterocycles. The number of anilines is 1. The summed E-state index contributed by atoms with van der Waals surface area (Å²) in [7, 11) is 0. The molecule has 27 heavy (non-hydrogen) atoms. The molecule has 0 spiro atoms. The van der Waals surface area contributed by atoms with Gasteiger partial charge in [0.15, 0.2) is 0 Å². The van der Waals surface area contributed by atoms with Crippen molar-refractivity contribution in [1.82, 2.24) is 15.3 Å². The Bertz CT molecular complexity index is 966. The van der Waals surface area contributed by atoms with Crippen molar-refractivity contribution >= 4 is 34.2 Å². The first-order chi connectivity index (χ1) is 13.1. The van der Waals surface area contributed by atoms with Crippen LogP contribution in [0.2, 0.25) is 5.02 Å². The summed E-state index contributed by atoms with van der Waals surface area (Å²) in [6, 6.07) is 6.58. The minimum Gasteiger partial charge on any atom is -0.370 e. The maximum atomic E-state index is 13.5. The largest absolute Gasteiger partial charge is 0.370 e. The number of H-pyrrole nitrogens is 1. The van der Waals surface area contributed by atoms with Crippen molar-refractivity contribution in [2.75, 3.05) is 18.4 Å². The van der Waals surface area contributed by atoms with Gasteiger partial charge < -0.3 is 15.6 Å². The van der Waals surface area contributed by atoms with Crippen LogP contribution in [-0.4, -0.2) is 29.0 Å². The van der Waals surface area contributed by atoms with Crippen LogP contribution in [0, 0.1) is 11.7 Å². The fourth-order valence-corrected chi connectivity index (χ4v) is 3.16. The van der Waals surface area contributed by atoms with Gasteiger partial charge in [-0.25, -0.2) is 9.37 Å². The molecular weight excluding hydrogens is 367 g/mol. The number of halogens is 2. The van der Waals surface area contributed by atoms with Gasteiger partial charge in [-0.05, 0) is 55.0 Å². The van der Waals surface area contributed by atoms with Gasteiger partial charge in [-0.15, -0.1) is 0 Å². The van der Waals surface area contributed by atoms with E-state index < -0.39 is 5.82 Å². The van der Waals surface area contributed by atoms with E-state index in [2.05, 4.69) is 20.6 Å². The number of hydrogen-bond acceptors (Lipinski definition) is 3. The highest BCUT2D eigenvalue weighted by Crippen LogP contribution is 2.28. The van der Waals surface area contributed by atoms with E-state index in [9.17, 15) is 9.18 Å². The van der Waals surface area contributed by atoms with Crippen LogP contribution in [0.4, 0.5) is 10.2 Å². The number of rotatable bonds is 7. The summed E-state index contributed by atoms with van der Waals surface area (Å²) >= 11 is 5.87. The number of carbonyl (C=O) groups excluding carboxylic acids is 1. The molecule has 1 aromatic carbocycles. The Kier molecular flexibility index (Phi) is 4.99. The molecule has 1 amide bonds. The third-order valence-electron chi connectivity index (χ3n) is 4.78. The number of carbonyl (C=O) groups is 1. The first-order valence-corrected chi connectivity index (χ1v) is 9.41. The average molecular weight is 387 g/mol. The van der Waals surface area contributed by atoms with Gasteiger partial charge in [0.1, 0.15) is 11.6 Å². The predicted octanol–water partition coefficient (Wildman–Crippen LogP) is 4.15. The van der Waals surface area contributed by atoms with Crippen LogP contribution in [0.25, 0.3) is 10.9 Å². The van der Waals surface area contributed by atoms with E-state index in [1.54, 1.807) is 18.3 Å². The quantitative estimate of drug-likeness (QED) is 0.571. The second kappa shape index (κ2) is 7.56. The van der Waals surface area contributed by atoms with Crippen LogP contribution in [0.3, 0.4) is 0 Å². The van der Waals surface area contributed by atoms with Gasteiger partial charge in [-0.2, -0.15) is 0 Å². The lowest BCUT2D eigenvalue weighted by atomic mass is 10.1. The fraction of sp³-hybridized carbons (Fsp3) is 0.300. The molecule has 0 bridgehead atoms. The summed E-state index contributed by atoms with van der Waals surface area (Å²) in [6.07, 6.45) is 6.57. The van der Waals surface area contributed by atoms with Gasteiger partial charge in [0, 0.05) is 36.4 Å². The van der Waals surface area contributed by atoms with E-state index in [1.165, 1.54) is 18.9 Å². The monoisotopic (exact) mass is 386 g/mol. The number of benzene rings is 1. The Labute approximate surface area is 161 Å². The number of amides is 1. The number of fused-ring (bicyclic) bond motifs is 1. The zero-order chi connectivity index (χ0) is 18.8. The maximum Gasteiger partial charge on any atom is 0.252 e. The second-order valence-electron chi connectivity index (χ2n) is 6.89.